The van der Waals surface area contributed by atoms with Crippen LogP contribution in [-0.4, -0.2) is 18.0 Å². The van der Waals surface area contributed by atoms with Gasteiger partial charge in [-0.3, -0.25) is 4.79 Å². The Morgan fingerprint density at radius 2 is 2.19 bits per heavy atom. The average molecular weight is 305 g/mol. The Labute approximate surface area is 109 Å². The maximum Gasteiger partial charge on any atom is 0.234 e. The number of thiophene rings is 1. The van der Waals surface area contributed by atoms with Crippen molar-refractivity contribution in [2.24, 2.45) is 0 Å². The van der Waals surface area contributed by atoms with Crippen molar-refractivity contribution in [3.05, 3.63) is 20.8 Å². The molecule has 0 aliphatic rings. The normalized spacial score (nSPS) is 11.5. The van der Waals surface area contributed by atoms with Gasteiger partial charge in [-0.2, -0.15) is 0 Å². The zero-order valence-corrected chi connectivity index (χ0v) is 12.2. The van der Waals surface area contributed by atoms with Crippen LogP contribution in [0.3, 0.4) is 0 Å². The smallest absolute Gasteiger partial charge is 0.234 e. The van der Waals surface area contributed by atoms with Crippen LogP contribution in [-0.2, 0) is 11.3 Å². The lowest BCUT2D eigenvalue weighted by molar-refractivity contribution is -0.121. The summed E-state index contributed by atoms with van der Waals surface area (Å²) in [5.74, 6) is 0.0294. The van der Waals surface area contributed by atoms with Crippen molar-refractivity contribution < 1.29 is 4.79 Å². The molecule has 0 spiro atoms. The topological polar surface area (TPSA) is 41.1 Å². The monoisotopic (exact) mass is 304 g/mol. The fraction of sp³-hybridized carbons (Fsp3) is 0.545. The summed E-state index contributed by atoms with van der Waals surface area (Å²) in [5.41, 5.74) is 1.03. The van der Waals surface area contributed by atoms with Gasteiger partial charge in [0.05, 0.1) is 10.3 Å². The third-order valence-corrected chi connectivity index (χ3v) is 3.30. The number of carbonyl (C=O) groups excluding carboxylic acids is 1. The van der Waals surface area contributed by atoms with E-state index in [-0.39, 0.29) is 11.4 Å². The van der Waals surface area contributed by atoms with Gasteiger partial charge < -0.3 is 10.6 Å². The highest BCUT2D eigenvalue weighted by Gasteiger charge is 2.12. The van der Waals surface area contributed by atoms with E-state index in [9.17, 15) is 4.79 Å². The first-order chi connectivity index (χ1) is 7.37. The molecule has 1 aromatic rings. The molecule has 0 radical (unpaired) electrons. The molecule has 0 aliphatic heterocycles. The van der Waals surface area contributed by atoms with Crippen LogP contribution in [0.15, 0.2) is 15.2 Å². The second kappa shape index (κ2) is 5.80. The Bertz CT molecular complexity index is 357. The van der Waals surface area contributed by atoms with E-state index in [0.29, 0.717) is 6.54 Å². The van der Waals surface area contributed by atoms with Crippen molar-refractivity contribution in [2.75, 3.05) is 6.54 Å². The van der Waals surface area contributed by atoms with Crippen LogP contribution >= 0.6 is 27.3 Å². The van der Waals surface area contributed by atoms with Crippen LogP contribution in [0.4, 0.5) is 0 Å². The van der Waals surface area contributed by atoms with Crippen LogP contribution in [0.5, 0.6) is 0 Å². The third-order valence-electron chi connectivity index (χ3n) is 1.75. The van der Waals surface area contributed by atoms with Crippen LogP contribution < -0.4 is 10.6 Å². The predicted octanol–water partition coefficient (Wildman–Crippen LogP) is 2.51. The molecule has 0 aliphatic carbocycles. The van der Waals surface area contributed by atoms with Gasteiger partial charge in [0.15, 0.2) is 0 Å². The second-order valence-electron chi connectivity index (χ2n) is 4.66. The molecule has 1 amide bonds. The summed E-state index contributed by atoms with van der Waals surface area (Å²) in [6.07, 6.45) is 0. The van der Waals surface area contributed by atoms with E-state index in [2.05, 4.69) is 38.0 Å². The van der Waals surface area contributed by atoms with E-state index >= 15 is 0 Å². The zero-order valence-electron chi connectivity index (χ0n) is 9.76. The third kappa shape index (κ3) is 5.63. The Balaban J connectivity index is 2.23. The van der Waals surface area contributed by atoms with Crippen molar-refractivity contribution >= 4 is 33.2 Å². The van der Waals surface area contributed by atoms with Crippen molar-refractivity contribution in [1.82, 2.24) is 10.6 Å². The number of hydrogen-bond acceptors (Lipinski definition) is 3. The average Bonchev–Trinajstić information content (AvgIpc) is 2.48. The van der Waals surface area contributed by atoms with E-state index in [1.807, 2.05) is 20.8 Å². The first kappa shape index (κ1) is 13.7. The van der Waals surface area contributed by atoms with E-state index in [4.69, 9.17) is 0 Å². The molecule has 1 aromatic heterocycles. The van der Waals surface area contributed by atoms with E-state index in [1.54, 1.807) is 11.3 Å². The Hall–Kier alpha value is -0.390. The van der Waals surface area contributed by atoms with Gasteiger partial charge in [-0.25, -0.2) is 0 Å². The Morgan fingerprint density at radius 1 is 1.50 bits per heavy atom. The van der Waals surface area contributed by atoms with Gasteiger partial charge in [-0.05, 0) is 53.7 Å². The van der Waals surface area contributed by atoms with Gasteiger partial charge in [-0.15, -0.1) is 11.3 Å². The summed E-state index contributed by atoms with van der Waals surface area (Å²) in [6, 6.07) is 2.05. The predicted molar refractivity (Wildman–Crippen MR) is 71.6 cm³/mol. The summed E-state index contributed by atoms with van der Waals surface area (Å²) in [4.78, 5) is 11.5. The minimum atomic E-state index is -0.163. The van der Waals surface area contributed by atoms with Crippen LogP contribution in [0.2, 0.25) is 0 Å². The zero-order chi connectivity index (χ0) is 12.2. The minimum absolute atomic E-state index is 0.0294. The molecule has 2 N–H and O–H groups in total. The van der Waals surface area contributed by atoms with Crippen LogP contribution in [0.1, 0.15) is 26.3 Å². The Morgan fingerprint density at radius 3 is 2.69 bits per heavy atom. The fourth-order valence-electron chi connectivity index (χ4n) is 1.22. The van der Waals surface area contributed by atoms with E-state index in [0.717, 1.165) is 10.3 Å². The number of halogens is 1. The summed E-state index contributed by atoms with van der Waals surface area (Å²) >= 11 is 5.05. The van der Waals surface area contributed by atoms with E-state index < -0.39 is 0 Å². The summed E-state index contributed by atoms with van der Waals surface area (Å²) in [6.45, 7) is 6.99. The second-order valence-corrected chi connectivity index (χ2v) is 6.95. The highest BCUT2D eigenvalue weighted by atomic mass is 79.9. The summed E-state index contributed by atoms with van der Waals surface area (Å²) in [5, 5.41) is 8.08. The molecule has 0 bridgehead atoms. The van der Waals surface area contributed by atoms with Gasteiger partial charge in [0.25, 0.3) is 0 Å². The molecule has 5 heteroatoms. The number of carbonyl (C=O) groups is 1. The molecule has 1 rings (SSSR count). The molecular formula is C11H17BrN2OS. The highest BCUT2D eigenvalue weighted by Crippen LogP contribution is 2.20. The van der Waals surface area contributed by atoms with Crippen LogP contribution in [0, 0.1) is 0 Å². The molecule has 1 heterocycles. The first-order valence-electron chi connectivity index (χ1n) is 5.11. The SMILES string of the molecule is CC(C)(C)NC(=O)CNCc1csc(Br)c1. The lowest BCUT2D eigenvalue weighted by Crippen LogP contribution is -2.44. The molecule has 0 saturated heterocycles. The highest BCUT2D eigenvalue weighted by molar-refractivity contribution is 9.11. The molecular weight excluding hydrogens is 288 g/mol. The molecule has 3 nitrogen and oxygen atoms in total. The molecule has 0 fully saturated rings. The van der Waals surface area contributed by atoms with E-state index in [1.165, 1.54) is 5.56 Å². The van der Waals surface area contributed by atoms with Crippen molar-refractivity contribution in [3.8, 4) is 0 Å². The fourth-order valence-corrected chi connectivity index (χ4v) is 2.43. The number of nitrogens with one attached hydrogen (secondary N) is 2. The number of amides is 1. The van der Waals surface area contributed by atoms with Crippen LogP contribution in [0.25, 0.3) is 0 Å². The van der Waals surface area contributed by atoms with Crippen molar-refractivity contribution in [1.29, 1.82) is 0 Å². The first-order valence-corrected chi connectivity index (χ1v) is 6.79. The molecule has 0 unspecified atom stereocenters. The van der Waals surface area contributed by atoms with Crippen molar-refractivity contribution in [2.45, 2.75) is 32.9 Å². The van der Waals surface area contributed by atoms with Crippen molar-refractivity contribution in [3.63, 3.8) is 0 Å². The lowest BCUT2D eigenvalue weighted by atomic mass is 10.1. The van der Waals surface area contributed by atoms with Gasteiger partial charge in [0.2, 0.25) is 5.91 Å². The van der Waals surface area contributed by atoms with Gasteiger partial charge in [0.1, 0.15) is 0 Å². The standard InChI is InChI=1S/C11H17BrN2OS/c1-11(2,3)14-10(15)6-13-5-8-4-9(12)16-7-8/h4,7,13H,5-6H2,1-3H3,(H,14,15). The molecule has 16 heavy (non-hydrogen) atoms. The minimum Gasteiger partial charge on any atom is -0.350 e. The molecule has 90 valence electrons. The maximum absolute atomic E-state index is 11.5. The summed E-state index contributed by atoms with van der Waals surface area (Å²) in [7, 11) is 0. The van der Waals surface area contributed by atoms with Gasteiger partial charge >= 0.3 is 0 Å². The largest absolute Gasteiger partial charge is 0.350 e. The number of hydrogen-bond donors (Lipinski definition) is 2. The molecule has 0 saturated carbocycles. The maximum atomic E-state index is 11.5. The lowest BCUT2D eigenvalue weighted by Gasteiger charge is -2.20. The summed E-state index contributed by atoms with van der Waals surface area (Å²) < 4.78 is 1.11. The van der Waals surface area contributed by atoms with Gasteiger partial charge in [-0.1, -0.05) is 0 Å². The molecule has 0 atom stereocenters. The quantitative estimate of drug-likeness (QED) is 0.897. The number of rotatable bonds is 4. The molecule has 0 aromatic carbocycles. The Kier molecular flexibility index (Phi) is 4.95. The van der Waals surface area contributed by atoms with Gasteiger partial charge in [0, 0.05) is 12.1 Å².